The van der Waals surface area contributed by atoms with E-state index in [2.05, 4.69) is 15.6 Å². The number of anilines is 2. The maximum absolute atomic E-state index is 13.3. The number of hydrazine groups is 1. The van der Waals surface area contributed by atoms with Crippen molar-refractivity contribution in [2.45, 2.75) is 19.9 Å². The van der Waals surface area contributed by atoms with E-state index in [0.717, 1.165) is 0 Å². The molecule has 18 heavy (non-hydrogen) atoms. The predicted molar refractivity (Wildman–Crippen MR) is 63.7 cm³/mol. The lowest BCUT2D eigenvalue weighted by atomic mass is 10.3. The maximum Gasteiger partial charge on any atom is 0.239 e. The summed E-state index contributed by atoms with van der Waals surface area (Å²) in [4.78, 5) is 14.9. The van der Waals surface area contributed by atoms with Gasteiger partial charge in [0.15, 0.2) is 23.3 Å². The minimum absolute atomic E-state index is 0.0217. The molecule has 0 radical (unpaired) electrons. The molecule has 0 fully saturated rings. The second-order valence-electron chi connectivity index (χ2n) is 3.87. The zero-order valence-electron chi connectivity index (χ0n) is 10.1. The summed E-state index contributed by atoms with van der Waals surface area (Å²) in [7, 11) is 0. The standard InChI is InChI=1S/C10H15F2N5O/c1-5(2)15-8(18)4-14-9-6(11)3-7(12)10(16-9)17-13/h3,5H,4,13H2,1-2H3,(H,15,18)(H2,14,16,17). The number of nitrogen functional groups attached to an aromatic ring is 1. The molecule has 0 saturated heterocycles. The fraction of sp³-hybridized carbons (Fsp3) is 0.400. The van der Waals surface area contributed by atoms with Crippen LogP contribution in [0, 0.1) is 11.6 Å². The van der Waals surface area contributed by atoms with Gasteiger partial charge in [-0.15, -0.1) is 0 Å². The molecule has 0 aliphatic carbocycles. The van der Waals surface area contributed by atoms with Gasteiger partial charge in [0.05, 0.1) is 6.54 Å². The second kappa shape index (κ2) is 6.10. The number of carbonyl (C=O) groups is 1. The van der Waals surface area contributed by atoms with Gasteiger partial charge in [-0.05, 0) is 13.8 Å². The Kier molecular flexibility index (Phi) is 4.78. The first-order valence-electron chi connectivity index (χ1n) is 5.30. The van der Waals surface area contributed by atoms with Gasteiger partial charge >= 0.3 is 0 Å². The number of hydrogen-bond donors (Lipinski definition) is 4. The first-order chi connectivity index (χ1) is 8.43. The van der Waals surface area contributed by atoms with Crippen molar-refractivity contribution in [1.29, 1.82) is 0 Å². The molecule has 100 valence electrons. The molecule has 0 unspecified atom stereocenters. The van der Waals surface area contributed by atoms with Crippen LogP contribution in [0.5, 0.6) is 0 Å². The van der Waals surface area contributed by atoms with Crippen LogP contribution in [0.1, 0.15) is 13.8 Å². The highest BCUT2D eigenvalue weighted by molar-refractivity contribution is 5.80. The lowest BCUT2D eigenvalue weighted by Crippen LogP contribution is -2.35. The van der Waals surface area contributed by atoms with E-state index in [1.165, 1.54) is 0 Å². The highest BCUT2D eigenvalue weighted by atomic mass is 19.1. The van der Waals surface area contributed by atoms with E-state index in [4.69, 9.17) is 5.84 Å². The van der Waals surface area contributed by atoms with Crippen LogP contribution in [-0.2, 0) is 4.79 Å². The van der Waals surface area contributed by atoms with Crippen molar-refractivity contribution in [3.05, 3.63) is 17.7 Å². The average Bonchev–Trinajstić information content (AvgIpc) is 2.27. The number of pyridine rings is 1. The van der Waals surface area contributed by atoms with Crippen molar-refractivity contribution in [3.63, 3.8) is 0 Å². The molecule has 6 nitrogen and oxygen atoms in total. The number of rotatable bonds is 5. The summed E-state index contributed by atoms with van der Waals surface area (Å²) in [6.07, 6.45) is 0. The van der Waals surface area contributed by atoms with E-state index in [0.29, 0.717) is 6.07 Å². The molecule has 0 saturated carbocycles. The molecule has 0 spiro atoms. The van der Waals surface area contributed by atoms with Crippen LogP contribution in [0.2, 0.25) is 0 Å². The molecule has 0 aliphatic rings. The van der Waals surface area contributed by atoms with Crippen molar-refractivity contribution >= 4 is 17.5 Å². The Hall–Kier alpha value is -1.96. The van der Waals surface area contributed by atoms with Gasteiger partial charge in [0, 0.05) is 12.1 Å². The lowest BCUT2D eigenvalue weighted by Gasteiger charge is -2.11. The smallest absolute Gasteiger partial charge is 0.239 e. The average molecular weight is 259 g/mol. The Labute approximate surface area is 103 Å². The number of hydrogen-bond acceptors (Lipinski definition) is 5. The van der Waals surface area contributed by atoms with Gasteiger partial charge in [0.2, 0.25) is 5.91 Å². The van der Waals surface area contributed by atoms with Crippen LogP contribution in [-0.4, -0.2) is 23.5 Å². The molecule has 0 aliphatic heterocycles. The van der Waals surface area contributed by atoms with Gasteiger partial charge in [-0.25, -0.2) is 19.6 Å². The van der Waals surface area contributed by atoms with E-state index >= 15 is 0 Å². The monoisotopic (exact) mass is 259 g/mol. The first-order valence-corrected chi connectivity index (χ1v) is 5.30. The van der Waals surface area contributed by atoms with Crippen molar-refractivity contribution in [2.24, 2.45) is 5.84 Å². The van der Waals surface area contributed by atoms with Gasteiger partial charge in [0.25, 0.3) is 0 Å². The van der Waals surface area contributed by atoms with Gasteiger partial charge in [0.1, 0.15) is 0 Å². The highest BCUT2D eigenvalue weighted by Crippen LogP contribution is 2.17. The predicted octanol–water partition coefficient (Wildman–Crippen LogP) is 0.582. The summed E-state index contributed by atoms with van der Waals surface area (Å²) in [5.74, 6) is 2.33. The number of halogens is 2. The van der Waals surface area contributed by atoms with Gasteiger partial charge < -0.3 is 16.1 Å². The number of nitrogens with one attached hydrogen (secondary N) is 3. The quantitative estimate of drug-likeness (QED) is 0.458. The number of aromatic nitrogens is 1. The highest BCUT2D eigenvalue weighted by Gasteiger charge is 2.12. The van der Waals surface area contributed by atoms with Gasteiger partial charge in [-0.1, -0.05) is 0 Å². The largest absolute Gasteiger partial charge is 0.359 e. The maximum atomic E-state index is 13.3. The van der Waals surface area contributed by atoms with Gasteiger partial charge in [-0.3, -0.25) is 4.79 Å². The molecular formula is C10H15F2N5O. The summed E-state index contributed by atoms with van der Waals surface area (Å²) >= 11 is 0. The molecule has 1 heterocycles. The molecule has 1 aromatic heterocycles. The SMILES string of the molecule is CC(C)NC(=O)CNc1nc(NN)c(F)cc1F. The van der Waals surface area contributed by atoms with Crippen molar-refractivity contribution in [3.8, 4) is 0 Å². The van der Waals surface area contributed by atoms with E-state index in [1.54, 1.807) is 13.8 Å². The summed E-state index contributed by atoms with van der Waals surface area (Å²) in [5.41, 5.74) is 1.99. The number of nitrogens with zero attached hydrogens (tertiary/aromatic N) is 1. The van der Waals surface area contributed by atoms with Gasteiger partial charge in [-0.2, -0.15) is 0 Å². The number of amides is 1. The van der Waals surface area contributed by atoms with Crippen molar-refractivity contribution in [2.75, 3.05) is 17.3 Å². The normalized spacial score (nSPS) is 10.3. The lowest BCUT2D eigenvalue weighted by molar-refractivity contribution is -0.119. The molecule has 0 bridgehead atoms. The van der Waals surface area contributed by atoms with Crippen LogP contribution in [0.4, 0.5) is 20.4 Å². The number of nitrogens with two attached hydrogens (primary N) is 1. The van der Waals surface area contributed by atoms with Crippen LogP contribution >= 0.6 is 0 Å². The van der Waals surface area contributed by atoms with E-state index in [9.17, 15) is 13.6 Å². The van der Waals surface area contributed by atoms with Crippen LogP contribution in [0.3, 0.4) is 0 Å². The fourth-order valence-electron chi connectivity index (χ4n) is 1.23. The molecular weight excluding hydrogens is 244 g/mol. The summed E-state index contributed by atoms with van der Waals surface area (Å²) in [6.45, 7) is 3.42. The first kappa shape index (κ1) is 14.1. The minimum Gasteiger partial charge on any atom is -0.359 e. The Morgan fingerprint density at radius 1 is 1.39 bits per heavy atom. The minimum atomic E-state index is -0.910. The molecule has 1 amide bonds. The molecule has 0 atom stereocenters. The summed E-state index contributed by atoms with van der Waals surface area (Å²) in [6, 6.07) is 0.608. The summed E-state index contributed by atoms with van der Waals surface area (Å²) in [5, 5.41) is 5.07. The second-order valence-corrected chi connectivity index (χ2v) is 3.87. The molecule has 1 rings (SSSR count). The Bertz CT molecular complexity index is 439. The molecule has 1 aromatic rings. The van der Waals surface area contributed by atoms with E-state index in [-0.39, 0.29) is 30.1 Å². The fourth-order valence-corrected chi connectivity index (χ4v) is 1.23. The third-order valence-corrected chi connectivity index (χ3v) is 1.93. The zero-order valence-corrected chi connectivity index (χ0v) is 10.1. The Morgan fingerprint density at radius 3 is 2.56 bits per heavy atom. The van der Waals surface area contributed by atoms with Crippen molar-refractivity contribution in [1.82, 2.24) is 10.3 Å². The Balaban J connectivity index is 2.70. The molecule has 8 heteroatoms. The molecule has 5 N–H and O–H groups in total. The molecule has 0 aromatic carbocycles. The van der Waals surface area contributed by atoms with Crippen LogP contribution in [0.15, 0.2) is 6.07 Å². The number of carbonyl (C=O) groups excluding carboxylic acids is 1. The third kappa shape index (κ3) is 3.81. The van der Waals surface area contributed by atoms with Crippen molar-refractivity contribution < 1.29 is 13.6 Å². The summed E-state index contributed by atoms with van der Waals surface area (Å²) < 4.78 is 26.4. The van der Waals surface area contributed by atoms with Crippen LogP contribution in [0.25, 0.3) is 0 Å². The Morgan fingerprint density at radius 2 is 2.00 bits per heavy atom. The van der Waals surface area contributed by atoms with Crippen LogP contribution < -0.4 is 21.9 Å². The third-order valence-electron chi connectivity index (χ3n) is 1.93. The zero-order chi connectivity index (χ0) is 13.7. The topological polar surface area (TPSA) is 92.1 Å². The van der Waals surface area contributed by atoms with E-state index in [1.807, 2.05) is 5.43 Å². The van der Waals surface area contributed by atoms with E-state index < -0.39 is 11.6 Å².